The molecule has 1 aliphatic heterocycles. The molecule has 1 N–H and O–H groups in total. The number of carbonyl (C=O) groups excluding carboxylic acids is 1. The summed E-state index contributed by atoms with van der Waals surface area (Å²) < 4.78 is 9.25. The third-order valence-corrected chi connectivity index (χ3v) is 5.18. The van der Waals surface area contributed by atoms with Gasteiger partial charge in [-0.25, -0.2) is 9.67 Å². The molecule has 1 aliphatic rings. The molecule has 1 aromatic carbocycles. The second-order valence-electron chi connectivity index (χ2n) is 7.80. The molecular weight excluding hydrogens is 434 g/mol. The molecule has 3 aromatic rings. The first-order valence-corrected chi connectivity index (χ1v) is 10.8. The van der Waals surface area contributed by atoms with Crippen LogP contribution in [0.3, 0.4) is 0 Å². The highest BCUT2D eigenvalue weighted by atomic mass is 16.5. The maximum Gasteiger partial charge on any atom is 0.237 e. The zero-order valence-corrected chi connectivity index (χ0v) is 20.0. The number of carboxylic acids is 1. The van der Waals surface area contributed by atoms with E-state index < -0.39 is 5.97 Å². The molecule has 0 saturated carbocycles. The summed E-state index contributed by atoms with van der Waals surface area (Å²) >= 11 is 0. The number of rotatable bonds is 6. The molecule has 0 unspecified atom stereocenters. The first-order chi connectivity index (χ1) is 16.3. The number of methoxy groups -OCH3 is 1. The van der Waals surface area contributed by atoms with E-state index in [1.807, 2.05) is 43.3 Å². The lowest BCUT2D eigenvalue weighted by Crippen LogP contribution is -2.34. The number of allylic oxidation sites excluding steroid dienone is 1. The number of pyridine rings is 1. The fraction of sp³-hybridized carbons (Fsp3) is 0.280. The van der Waals surface area contributed by atoms with Crippen LogP contribution in [-0.4, -0.2) is 54.4 Å². The minimum Gasteiger partial charge on any atom is -0.550 e. The predicted octanol–water partition coefficient (Wildman–Crippen LogP) is 1.41. The van der Waals surface area contributed by atoms with E-state index in [-0.39, 0.29) is 6.61 Å². The van der Waals surface area contributed by atoms with Crippen LogP contribution in [0.15, 0.2) is 65.4 Å². The summed E-state index contributed by atoms with van der Waals surface area (Å²) in [6.07, 6.45) is 3.81. The number of hydrogen-bond donors (Lipinski definition) is 1. The van der Waals surface area contributed by atoms with E-state index in [2.05, 4.69) is 41.0 Å². The van der Waals surface area contributed by atoms with Gasteiger partial charge in [0.15, 0.2) is 12.0 Å². The number of carboxylic acid groups (broad SMARTS) is 1. The predicted molar refractivity (Wildman–Crippen MR) is 128 cm³/mol. The van der Waals surface area contributed by atoms with Crippen molar-refractivity contribution in [2.45, 2.75) is 20.4 Å². The number of aliphatic hydroxyl groups is 1. The van der Waals surface area contributed by atoms with E-state index >= 15 is 0 Å². The molecule has 3 heterocycles. The third-order valence-electron chi connectivity index (χ3n) is 5.18. The Hall–Kier alpha value is -3.98. The van der Waals surface area contributed by atoms with Crippen LogP contribution < -0.4 is 19.3 Å². The van der Waals surface area contributed by atoms with Crippen molar-refractivity contribution in [1.82, 2.24) is 9.78 Å². The smallest absolute Gasteiger partial charge is 0.237 e. The molecule has 34 heavy (non-hydrogen) atoms. The lowest BCUT2D eigenvalue weighted by molar-refractivity contribution is -0.577. The van der Waals surface area contributed by atoms with Crippen LogP contribution >= 0.6 is 0 Å². The second-order valence-corrected chi connectivity index (χ2v) is 7.80. The summed E-state index contributed by atoms with van der Waals surface area (Å²) in [4.78, 5) is 15.9. The Morgan fingerprint density at radius 1 is 1.24 bits per heavy atom. The van der Waals surface area contributed by atoms with Crippen LogP contribution in [0, 0.1) is 0 Å². The van der Waals surface area contributed by atoms with Gasteiger partial charge in [0.05, 0.1) is 32.0 Å². The van der Waals surface area contributed by atoms with Gasteiger partial charge >= 0.3 is 0 Å². The van der Waals surface area contributed by atoms with Crippen molar-refractivity contribution in [3.8, 4) is 5.75 Å². The molecule has 9 nitrogen and oxygen atoms in total. The zero-order chi connectivity index (χ0) is 24.8. The van der Waals surface area contributed by atoms with Gasteiger partial charge in [-0.15, -0.1) is 0 Å². The lowest BCUT2D eigenvalue weighted by atomic mass is 10.1. The molecular formula is C25H29N5O4. The van der Waals surface area contributed by atoms with Gasteiger partial charge in [0.1, 0.15) is 17.1 Å². The molecule has 0 bridgehead atoms. The number of fused-ring (bicyclic) bond motifs is 1. The molecule has 0 fully saturated rings. The number of aliphatic hydroxyl groups excluding tert-OH is 1. The van der Waals surface area contributed by atoms with Crippen molar-refractivity contribution in [2.24, 2.45) is 4.99 Å². The topological polar surface area (TPSA) is 107 Å². The van der Waals surface area contributed by atoms with Crippen LogP contribution in [-0.2, 0) is 11.3 Å². The Labute approximate surface area is 198 Å². The minimum absolute atomic E-state index is 0.0256. The average molecular weight is 464 g/mol. The van der Waals surface area contributed by atoms with Gasteiger partial charge in [-0.05, 0) is 44.2 Å². The average Bonchev–Trinajstić information content (AvgIpc) is 3.33. The van der Waals surface area contributed by atoms with E-state index in [0.29, 0.717) is 6.54 Å². The quantitative estimate of drug-likeness (QED) is 0.554. The number of nitrogens with zero attached hydrogens (tertiary/aromatic N) is 5. The fourth-order valence-electron chi connectivity index (χ4n) is 3.85. The van der Waals surface area contributed by atoms with Crippen molar-refractivity contribution < 1.29 is 24.3 Å². The van der Waals surface area contributed by atoms with Gasteiger partial charge in [-0.2, -0.15) is 9.67 Å². The van der Waals surface area contributed by atoms with Crippen molar-refractivity contribution >= 4 is 28.9 Å². The van der Waals surface area contributed by atoms with Crippen molar-refractivity contribution in [3.63, 3.8) is 0 Å². The van der Waals surface area contributed by atoms with Gasteiger partial charge in [0, 0.05) is 37.8 Å². The zero-order valence-electron chi connectivity index (χ0n) is 20.0. The summed E-state index contributed by atoms with van der Waals surface area (Å²) in [7, 11) is 5.58. The van der Waals surface area contributed by atoms with E-state index in [1.165, 1.54) is 0 Å². The molecule has 0 radical (unpaired) electrons. The van der Waals surface area contributed by atoms with Gasteiger partial charge in [0.25, 0.3) is 0 Å². The summed E-state index contributed by atoms with van der Waals surface area (Å²) in [5.74, 6) is 0.610. The molecule has 0 amide bonds. The Morgan fingerprint density at radius 3 is 2.50 bits per heavy atom. The number of aromatic nitrogens is 3. The second kappa shape index (κ2) is 10.8. The van der Waals surface area contributed by atoms with Crippen LogP contribution in [0.4, 0.5) is 11.5 Å². The molecule has 0 saturated heterocycles. The number of carbonyl (C=O) groups is 1. The van der Waals surface area contributed by atoms with E-state index in [1.54, 1.807) is 18.0 Å². The number of aliphatic imine (C=N–C) groups is 1. The number of benzene rings is 1. The minimum atomic E-state index is -1.08. The largest absolute Gasteiger partial charge is 0.550 e. The van der Waals surface area contributed by atoms with Crippen molar-refractivity contribution in [1.29, 1.82) is 0 Å². The van der Waals surface area contributed by atoms with Crippen LogP contribution in [0.1, 0.15) is 25.1 Å². The maximum absolute atomic E-state index is 9.35. The molecule has 0 atom stereocenters. The number of aliphatic carboxylic acids is 1. The Balaban J connectivity index is 0.000000751. The molecule has 4 rings (SSSR count). The van der Waals surface area contributed by atoms with E-state index in [4.69, 9.17) is 19.6 Å². The van der Waals surface area contributed by atoms with Crippen molar-refractivity contribution in [2.75, 3.05) is 32.7 Å². The van der Waals surface area contributed by atoms with Gasteiger partial charge in [0.2, 0.25) is 11.4 Å². The molecule has 0 spiro atoms. The summed E-state index contributed by atoms with van der Waals surface area (Å²) in [6.45, 7) is 3.52. The molecule has 178 valence electrons. The van der Waals surface area contributed by atoms with Crippen LogP contribution in [0.25, 0.3) is 5.70 Å². The van der Waals surface area contributed by atoms with Crippen LogP contribution in [0.5, 0.6) is 5.75 Å². The van der Waals surface area contributed by atoms with Crippen LogP contribution in [0.2, 0.25) is 0 Å². The van der Waals surface area contributed by atoms with E-state index in [9.17, 15) is 5.11 Å². The van der Waals surface area contributed by atoms with Gasteiger partial charge in [-0.1, -0.05) is 0 Å². The first kappa shape index (κ1) is 24.7. The highest BCUT2D eigenvalue weighted by Gasteiger charge is 2.35. The Bertz CT molecular complexity index is 1220. The van der Waals surface area contributed by atoms with E-state index in [0.717, 1.165) is 52.4 Å². The van der Waals surface area contributed by atoms with Crippen molar-refractivity contribution in [3.05, 3.63) is 71.7 Å². The first-order valence-electron chi connectivity index (χ1n) is 10.8. The highest BCUT2D eigenvalue weighted by Crippen LogP contribution is 2.32. The summed E-state index contributed by atoms with van der Waals surface area (Å²) in [5, 5.41) is 22.7. The Morgan fingerprint density at radius 2 is 1.91 bits per heavy atom. The monoisotopic (exact) mass is 463 g/mol. The summed E-state index contributed by atoms with van der Waals surface area (Å²) in [5.41, 5.74) is 5.99. The number of ether oxygens (including phenoxy) is 1. The molecule has 2 aromatic heterocycles. The fourth-order valence-corrected chi connectivity index (χ4v) is 3.85. The normalized spacial score (nSPS) is 13.4. The lowest BCUT2D eigenvalue weighted by Gasteiger charge is -2.15. The highest BCUT2D eigenvalue weighted by molar-refractivity contribution is 6.17. The number of hydrogen-bond acceptors (Lipinski definition) is 7. The van der Waals surface area contributed by atoms with Gasteiger partial charge < -0.3 is 24.6 Å². The standard InChI is InChI=1S/C23H26N5O2.C2H4O2/c1-16-21(25-19-15-24-28(13-14-29)23(19)26(2)3)20-7-5-6-12-27(20)22(16)17-8-10-18(30-4)11-9-17;1-2(3)4/h5-12,15,29H,13-14H2,1-4H3;1H3,(H,3,4)/q+1;/p-1. The Kier molecular flexibility index (Phi) is 7.80. The maximum atomic E-state index is 9.35. The van der Waals surface area contributed by atoms with Gasteiger partial charge in [-0.3, -0.25) is 0 Å². The number of anilines is 1. The summed E-state index contributed by atoms with van der Waals surface area (Å²) in [6, 6.07) is 14.2. The molecule has 0 aliphatic carbocycles. The SMILES string of the molecule is CC(=O)[O-].COc1ccc(C2=C(C)C(=Nc3cnn(CCO)c3N(C)C)c3cccc[n+]32)cc1. The molecule has 9 heteroatoms. The third kappa shape index (κ3) is 5.15.